The maximum absolute atomic E-state index is 7.41. The number of ether oxygens (including phenoxy) is 2. The Labute approximate surface area is 467 Å². The third kappa shape index (κ3) is 9.43. The molecule has 9 aliphatic carbocycles. The third-order valence-electron chi connectivity index (χ3n) is 21.1. The summed E-state index contributed by atoms with van der Waals surface area (Å²) in [6, 6.07) is 15.1. The minimum Gasteiger partial charge on any atom is -0.485 e. The number of para-hydroxylation sites is 2. The van der Waals surface area contributed by atoms with E-state index in [1.165, 1.54) is 78.3 Å². The lowest BCUT2D eigenvalue weighted by Gasteiger charge is -2.43. The number of furan rings is 1. The van der Waals surface area contributed by atoms with Crippen LogP contribution in [0.15, 0.2) is 166 Å². The number of anilines is 1. The number of nitrogens with zero attached hydrogens (tertiary/aromatic N) is 2. The predicted molar refractivity (Wildman–Crippen MR) is 321 cm³/mol. The zero-order valence-electron chi connectivity index (χ0n) is 47.7. The van der Waals surface area contributed by atoms with Gasteiger partial charge in [0.05, 0.1) is 30.0 Å². The number of rotatable bonds is 9. The van der Waals surface area contributed by atoms with Gasteiger partial charge in [-0.05, 0) is 155 Å². The molecule has 0 amide bonds. The molecule has 1 saturated heterocycles. The summed E-state index contributed by atoms with van der Waals surface area (Å²) in [7, 11) is 0. The van der Waals surface area contributed by atoms with E-state index in [2.05, 4.69) is 191 Å². The number of benzene rings is 2. The van der Waals surface area contributed by atoms with Gasteiger partial charge >= 0.3 is 0 Å². The fourth-order valence-electron chi connectivity index (χ4n) is 16.7. The van der Waals surface area contributed by atoms with Crippen molar-refractivity contribution in [2.24, 2.45) is 40.4 Å². The van der Waals surface area contributed by atoms with Crippen LogP contribution >= 0.6 is 0 Å². The molecule has 5 heteroatoms. The second-order valence-electron chi connectivity index (χ2n) is 27.6. The number of hydrogen-bond acceptors (Lipinski definition) is 5. The topological polar surface area (TPSA) is 38.1 Å². The SMILES string of the molecule is CC(C)(C)C1=CCC(C2=CCC(N(c3cccc4c5c(oc34)C=CCC5)C3C=CC4CC5C(C=C4C3)OC3CC(N(Cc4cccc6c4OC4C=CC=CC64)C4CC=C(C6CC=C(C(C)(C)C)CC6)CC4)C=CC35)C=C2)CC1. The molecule has 14 rings (SSSR count). The molecule has 0 saturated carbocycles. The lowest BCUT2D eigenvalue weighted by molar-refractivity contribution is 0.0208. The lowest BCUT2D eigenvalue weighted by Crippen LogP contribution is -2.46. The van der Waals surface area contributed by atoms with Crippen LogP contribution in [0.3, 0.4) is 0 Å². The Bertz CT molecular complexity index is 3180. The van der Waals surface area contributed by atoms with E-state index >= 15 is 0 Å². The second-order valence-corrected chi connectivity index (χ2v) is 27.6. The first-order valence-corrected chi connectivity index (χ1v) is 31.0. The summed E-state index contributed by atoms with van der Waals surface area (Å²) in [6.07, 6.45) is 59.6. The Hall–Kier alpha value is -5.36. The van der Waals surface area contributed by atoms with Crippen molar-refractivity contribution in [3.63, 3.8) is 0 Å². The van der Waals surface area contributed by atoms with Gasteiger partial charge in [-0.1, -0.05) is 185 Å². The molecule has 13 unspecified atom stereocenters. The fourth-order valence-corrected chi connectivity index (χ4v) is 16.7. The lowest BCUT2D eigenvalue weighted by atomic mass is 9.69. The molecular formula is C73H86N2O3. The molecule has 406 valence electrons. The minimum atomic E-state index is 0.0917. The molecule has 11 aliphatic rings. The Balaban J connectivity index is 0.715. The smallest absolute Gasteiger partial charge is 0.158 e. The molecule has 1 aromatic heterocycles. The molecule has 0 radical (unpaired) electrons. The van der Waals surface area contributed by atoms with Crippen LogP contribution in [0.2, 0.25) is 0 Å². The van der Waals surface area contributed by atoms with E-state index in [0.29, 0.717) is 47.6 Å². The minimum absolute atomic E-state index is 0.0917. The van der Waals surface area contributed by atoms with E-state index in [1.54, 1.807) is 22.3 Å². The van der Waals surface area contributed by atoms with E-state index in [-0.39, 0.29) is 41.2 Å². The van der Waals surface area contributed by atoms with Gasteiger partial charge in [0, 0.05) is 52.5 Å². The van der Waals surface area contributed by atoms with Crippen molar-refractivity contribution in [1.29, 1.82) is 0 Å². The first-order chi connectivity index (χ1) is 37.9. The summed E-state index contributed by atoms with van der Waals surface area (Å²) in [6.45, 7) is 15.2. The monoisotopic (exact) mass is 1040 g/mol. The second kappa shape index (κ2) is 20.3. The highest BCUT2D eigenvalue weighted by Gasteiger charge is 2.49. The van der Waals surface area contributed by atoms with E-state index in [0.717, 1.165) is 75.0 Å². The molecule has 5 nitrogen and oxygen atoms in total. The van der Waals surface area contributed by atoms with E-state index < -0.39 is 0 Å². The van der Waals surface area contributed by atoms with Gasteiger partial charge in [-0.3, -0.25) is 4.90 Å². The zero-order chi connectivity index (χ0) is 52.9. The number of hydrogen-bond donors (Lipinski definition) is 0. The van der Waals surface area contributed by atoms with Gasteiger partial charge in [0.2, 0.25) is 0 Å². The van der Waals surface area contributed by atoms with Crippen molar-refractivity contribution >= 4 is 22.7 Å². The van der Waals surface area contributed by atoms with Crippen molar-refractivity contribution < 1.29 is 13.9 Å². The largest absolute Gasteiger partial charge is 0.485 e. The Morgan fingerprint density at radius 3 is 2.23 bits per heavy atom. The number of fused-ring (bicyclic) bond motifs is 10. The van der Waals surface area contributed by atoms with Crippen LogP contribution in [-0.4, -0.2) is 47.4 Å². The van der Waals surface area contributed by atoms with Gasteiger partial charge in [0.1, 0.15) is 17.6 Å². The Morgan fingerprint density at radius 1 is 0.654 bits per heavy atom. The maximum atomic E-state index is 7.41. The summed E-state index contributed by atoms with van der Waals surface area (Å²) in [5.41, 5.74) is 15.0. The molecular weight excluding hydrogens is 953 g/mol. The van der Waals surface area contributed by atoms with Crippen LogP contribution < -0.4 is 9.64 Å². The average molecular weight is 1040 g/mol. The normalized spacial score (nSPS) is 33.7. The highest BCUT2D eigenvalue weighted by Crippen LogP contribution is 2.52. The van der Waals surface area contributed by atoms with Gasteiger partial charge < -0.3 is 18.8 Å². The summed E-state index contributed by atoms with van der Waals surface area (Å²) in [5, 5.41) is 1.28. The van der Waals surface area contributed by atoms with Crippen LogP contribution in [0.4, 0.5) is 5.69 Å². The van der Waals surface area contributed by atoms with E-state index in [4.69, 9.17) is 13.9 Å². The Kier molecular flexibility index (Phi) is 13.2. The molecule has 1 fully saturated rings. The summed E-state index contributed by atoms with van der Waals surface area (Å²) < 4.78 is 21.1. The van der Waals surface area contributed by atoms with Crippen molar-refractivity contribution in [3.8, 4) is 5.75 Å². The Morgan fingerprint density at radius 2 is 1.46 bits per heavy atom. The average Bonchev–Trinajstić information content (AvgIpc) is 4.16. The number of aryl methyl sites for hydroxylation is 1. The molecule has 0 bridgehead atoms. The third-order valence-corrected chi connectivity index (χ3v) is 21.1. The standard InChI is InChI=1S/C73H86N2O3/c1-72(2,3)53-30-21-46(22-31-53)48-25-34-55(35-26-48)74(45-51-13-11-16-62-59-14-7-9-19-66(59)77-70(51)62)57-39-40-61-64-42-50-29-38-58(41-52(50)43-68(64)76-69(61)44-57)75(65-18-12-17-63-60-15-8-10-20-67(60)78-71(63)65)56-36-27-49(28-37-56)47-23-32-54(33-24-47)73(4,5)6/h7,9-14,16-20,25,27-30,32,36,38-40,43,46-47,50,55-59,61,64,66,68-69H,8,15,21-24,26,31,33-35,37,41-42,44-45H2,1-6H3. The molecule has 2 aliphatic heterocycles. The van der Waals surface area contributed by atoms with E-state index in [9.17, 15) is 0 Å². The molecule has 13 atom stereocenters. The summed E-state index contributed by atoms with van der Waals surface area (Å²) in [5.74, 6) is 5.17. The van der Waals surface area contributed by atoms with Gasteiger partial charge in [-0.15, -0.1) is 0 Å². The highest BCUT2D eigenvalue weighted by molar-refractivity contribution is 5.95. The zero-order valence-corrected chi connectivity index (χ0v) is 47.7. The predicted octanol–water partition coefficient (Wildman–Crippen LogP) is 17.6. The van der Waals surface area contributed by atoms with Crippen molar-refractivity contribution in [1.82, 2.24) is 4.90 Å². The quantitative estimate of drug-likeness (QED) is 0.200. The van der Waals surface area contributed by atoms with Crippen molar-refractivity contribution in [3.05, 3.63) is 184 Å². The fraction of sp³-hybridized carbons (Fsp3) is 0.507. The molecule has 0 N–H and O–H groups in total. The van der Waals surface area contributed by atoms with Crippen molar-refractivity contribution in [2.75, 3.05) is 4.90 Å². The highest BCUT2D eigenvalue weighted by atomic mass is 16.5. The van der Waals surface area contributed by atoms with Crippen LogP contribution in [0.5, 0.6) is 5.75 Å². The molecule has 78 heavy (non-hydrogen) atoms. The van der Waals surface area contributed by atoms with Crippen LogP contribution in [0.25, 0.3) is 17.0 Å². The molecule has 2 aromatic carbocycles. The van der Waals surface area contributed by atoms with E-state index in [1.807, 2.05) is 0 Å². The van der Waals surface area contributed by atoms with Gasteiger partial charge in [-0.25, -0.2) is 0 Å². The molecule has 3 aromatic rings. The first kappa shape index (κ1) is 50.8. The maximum Gasteiger partial charge on any atom is 0.158 e. The van der Waals surface area contributed by atoms with Gasteiger partial charge in [-0.2, -0.15) is 0 Å². The number of allylic oxidation sites excluding steroid dienone is 11. The molecule has 0 spiro atoms. The van der Waals surface area contributed by atoms with Gasteiger partial charge in [0.25, 0.3) is 0 Å². The summed E-state index contributed by atoms with van der Waals surface area (Å²) >= 11 is 0. The van der Waals surface area contributed by atoms with Crippen LogP contribution in [0, 0.1) is 40.4 Å². The van der Waals surface area contributed by atoms with Crippen LogP contribution in [0.1, 0.15) is 160 Å². The van der Waals surface area contributed by atoms with Gasteiger partial charge in [0.15, 0.2) is 5.58 Å². The van der Waals surface area contributed by atoms with Crippen molar-refractivity contribution in [2.45, 2.75) is 193 Å². The molecule has 3 heterocycles. The first-order valence-electron chi connectivity index (χ1n) is 31.0. The van der Waals surface area contributed by atoms with Crippen LogP contribution in [-0.2, 0) is 17.7 Å². The summed E-state index contributed by atoms with van der Waals surface area (Å²) in [4.78, 5) is 5.63.